The molecule has 1 fully saturated rings. The second-order valence-corrected chi connectivity index (χ2v) is 7.37. The Morgan fingerprint density at radius 1 is 1.14 bits per heavy atom. The molecule has 1 aliphatic rings. The summed E-state index contributed by atoms with van der Waals surface area (Å²) in [5, 5.41) is 16.0. The molecule has 1 saturated heterocycles. The van der Waals surface area contributed by atoms with Gasteiger partial charge in [0.25, 0.3) is 5.91 Å². The van der Waals surface area contributed by atoms with E-state index in [1.165, 1.54) is 5.56 Å². The maximum absolute atomic E-state index is 12.9. The van der Waals surface area contributed by atoms with Crippen LogP contribution in [0, 0.1) is 5.92 Å². The summed E-state index contributed by atoms with van der Waals surface area (Å²) in [5.74, 6) is 0.881. The first-order valence-electron chi connectivity index (χ1n) is 9.52. The Balaban J connectivity index is 0.00000280. The smallest absolute Gasteiger partial charge is 0.265 e. The molecule has 152 valence electrons. The molecule has 0 saturated carbocycles. The van der Waals surface area contributed by atoms with Crippen molar-refractivity contribution < 1.29 is 14.6 Å². The Kier molecular flexibility index (Phi) is 8.30. The standard InChI is InChI=1S/C22H28N2O3.ClH/c1-15(2)17-9-6-10-19(11-17)27-21(16-7-4-3-5-8-16)22(26)24-13-18-12-23-14-20(18)25;/h3-11,15,18,20-21,23,25H,12-14H2,1-2H3,(H,24,26);1H. The summed E-state index contributed by atoms with van der Waals surface area (Å²) < 4.78 is 6.11. The second-order valence-electron chi connectivity index (χ2n) is 7.37. The number of β-amino-alcohol motifs (C(OH)–C–C–N with tert-alkyl or cyclic N) is 1. The third kappa shape index (κ3) is 5.71. The molecule has 0 radical (unpaired) electrons. The summed E-state index contributed by atoms with van der Waals surface area (Å²) in [4.78, 5) is 12.9. The van der Waals surface area contributed by atoms with E-state index in [4.69, 9.17) is 4.74 Å². The fraction of sp³-hybridized carbons (Fsp3) is 0.409. The Labute approximate surface area is 172 Å². The third-order valence-corrected chi connectivity index (χ3v) is 4.96. The van der Waals surface area contributed by atoms with E-state index in [9.17, 15) is 9.90 Å². The predicted molar refractivity (Wildman–Crippen MR) is 113 cm³/mol. The molecule has 0 aromatic heterocycles. The van der Waals surface area contributed by atoms with Crippen molar-refractivity contribution in [3.63, 3.8) is 0 Å². The van der Waals surface area contributed by atoms with E-state index in [2.05, 4.69) is 30.5 Å². The molecule has 2 aromatic rings. The van der Waals surface area contributed by atoms with Gasteiger partial charge in [-0.05, 0) is 23.6 Å². The normalized spacial score (nSPS) is 19.7. The summed E-state index contributed by atoms with van der Waals surface area (Å²) >= 11 is 0. The first-order chi connectivity index (χ1) is 13.0. The average molecular weight is 405 g/mol. The summed E-state index contributed by atoms with van der Waals surface area (Å²) in [5.41, 5.74) is 1.97. The van der Waals surface area contributed by atoms with E-state index < -0.39 is 12.2 Å². The van der Waals surface area contributed by atoms with Gasteiger partial charge in [0.2, 0.25) is 6.10 Å². The van der Waals surface area contributed by atoms with Crippen molar-refractivity contribution in [2.24, 2.45) is 5.92 Å². The molecule has 3 N–H and O–H groups in total. The van der Waals surface area contributed by atoms with Crippen molar-refractivity contribution in [1.82, 2.24) is 10.6 Å². The monoisotopic (exact) mass is 404 g/mol. The van der Waals surface area contributed by atoms with Gasteiger partial charge in [0.05, 0.1) is 6.10 Å². The van der Waals surface area contributed by atoms with Crippen molar-refractivity contribution in [3.05, 3.63) is 65.7 Å². The number of benzene rings is 2. The van der Waals surface area contributed by atoms with Crippen LogP contribution in [0.15, 0.2) is 54.6 Å². The molecular formula is C22H29ClN2O3. The molecule has 1 amide bonds. The molecule has 2 aromatic carbocycles. The van der Waals surface area contributed by atoms with Crippen LogP contribution in [0.2, 0.25) is 0 Å². The van der Waals surface area contributed by atoms with Crippen LogP contribution in [-0.2, 0) is 4.79 Å². The highest BCUT2D eigenvalue weighted by Gasteiger charge is 2.28. The van der Waals surface area contributed by atoms with Crippen molar-refractivity contribution >= 4 is 18.3 Å². The number of aliphatic hydroxyl groups excluding tert-OH is 1. The van der Waals surface area contributed by atoms with Crippen molar-refractivity contribution in [3.8, 4) is 5.75 Å². The maximum atomic E-state index is 12.9. The van der Waals surface area contributed by atoms with Crippen LogP contribution in [0.5, 0.6) is 5.75 Å². The quantitative estimate of drug-likeness (QED) is 0.663. The SMILES string of the molecule is CC(C)c1cccc(OC(C(=O)NCC2CNCC2O)c2ccccc2)c1.Cl. The van der Waals surface area contributed by atoms with Gasteiger partial charge in [-0.15, -0.1) is 12.4 Å². The van der Waals surface area contributed by atoms with Gasteiger partial charge in [0.15, 0.2) is 0 Å². The zero-order valence-corrected chi connectivity index (χ0v) is 17.1. The highest BCUT2D eigenvalue weighted by Crippen LogP contribution is 2.26. The molecule has 5 nitrogen and oxygen atoms in total. The van der Waals surface area contributed by atoms with Crippen LogP contribution >= 0.6 is 12.4 Å². The summed E-state index contributed by atoms with van der Waals surface area (Å²) in [6, 6.07) is 17.4. The van der Waals surface area contributed by atoms with E-state index in [1.807, 2.05) is 48.5 Å². The Morgan fingerprint density at radius 3 is 2.50 bits per heavy atom. The minimum Gasteiger partial charge on any atom is -0.476 e. The molecule has 0 bridgehead atoms. The topological polar surface area (TPSA) is 70.6 Å². The van der Waals surface area contributed by atoms with E-state index >= 15 is 0 Å². The van der Waals surface area contributed by atoms with Crippen molar-refractivity contribution in [2.75, 3.05) is 19.6 Å². The number of hydrogen-bond donors (Lipinski definition) is 3. The Hall–Kier alpha value is -2.08. The number of halogens is 1. The summed E-state index contributed by atoms with van der Waals surface area (Å²) in [7, 11) is 0. The molecule has 6 heteroatoms. The van der Waals surface area contributed by atoms with Gasteiger partial charge in [-0.1, -0.05) is 56.3 Å². The van der Waals surface area contributed by atoms with Crippen LogP contribution in [0.3, 0.4) is 0 Å². The van der Waals surface area contributed by atoms with E-state index in [1.54, 1.807) is 0 Å². The number of rotatable bonds is 7. The molecule has 3 unspecified atom stereocenters. The number of amides is 1. The molecular weight excluding hydrogens is 376 g/mol. The summed E-state index contributed by atoms with van der Waals surface area (Å²) in [6.45, 7) is 5.95. The number of aliphatic hydroxyl groups is 1. The predicted octanol–water partition coefficient (Wildman–Crippen LogP) is 3.05. The molecule has 0 aliphatic carbocycles. The fourth-order valence-electron chi connectivity index (χ4n) is 3.24. The lowest BCUT2D eigenvalue weighted by Crippen LogP contribution is -2.38. The highest BCUT2D eigenvalue weighted by atomic mass is 35.5. The number of carbonyl (C=O) groups excluding carboxylic acids is 1. The van der Waals surface area contributed by atoms with Gasteiger partial charge in [0, 0.05) is 31.1 Å². The van der Waals surface area contributed by atoms with Crippen LogP contribution in [0.4, 0.5) is 0 Å². The molecule has 3 atom stereocenters. The maximum Gasteiger partial charge on any atom is 0.265 e. The van der Waals surface area contributed by atoms with Crippen LogP contribution in [0.25, 0.3) is 0 Å². The van der Waals surface area contributed by atoms with Crippen molar-refractivity contribution in [1.29, 1.82) is 0 Å². The first-order valence-corrected chi connectivity index (χ1v) is 9.52. The summed E-state index contributed by atoms with van der Waals surface area (Å²) in [6.07, 6.45) is -1.16. The molecule has 28 heavy (non-hydrogen) atoms. The fourth-order valence-corrected chi connectivity index (χ4v) is 3.24. The molecule has 0 spiro atoms. The van der Waals surface area contributed by atoms with Crippen LogP contribution in [0.1, 0.15) is 37.0 Å². The minimum absolute atomic E-state index is 0. The van der Waals surface area contributed by atoms with E-state index in [-0.39, 0.29) is 24.2 Å². The second kappa shape index (κ2) is 10.5. The largest absolute Gasteiger partial charge is 0.476 e. The average Bonchev–Trinajstić information content (AvgIpc) is 3.10. The van der Waals surface area contributed by atoms with Crippen LogP contribution < -0.4 is 15.4 Å². The van der Waals surface area contributed by atoms with Gasteiger partial charge in [0.1, 0.15) is 5.75 Å². The number of ether oxygens (including phenoxy) is 1. The number of nitrogens with one attached hydrogen (secondary N) is 2. The van der Waals surface area contributed by atoms with Crippen LogP contribution in [-0.4, -0.2) is 36.8 Å². The van der Waals surface area contributed by atoms with Gasteiger partial charge in [-0.2, -0.15) is 0 Å². The van der Waals surface area contributed by atoms with E-state index in [0.717, 1.165) is 5.56 Å². The van der Waals surface area contributed by atoms with Gasteiger partial charge >= 0.3 is 0 Å². The first kappa shape index (κ1) is 22.2. The lowest BCUT2D eigenvalue weighted by atomic mass is 10.0. The highest BCUT2D eigenvalue weighted by molar-refractivity contribution is 5.85. The zero-order chi connectivity index (χ0) is 19.2. The minimum atomic E-state index is -0.736. The lowest BCUT2D eigenvalue weighted by molar-refractivity contribution is -0.128. The Morgan fingerprint density at radius 2 is 1.86 bits per heavy atom. The molecule has 1 aliphatic heterocycles. The number of carbonyl (C=O) groups is 1. The molecule has 3 rings (SSSR count). The van der Waals surface area contributed by atoms with Gasteiger partial charge in [-0.3, -0.25) is 4.79 Å². The van der Waals surface area contributed by atoms with Gasteiger partial charge < -0.3 is 20.5 Å². The van der Waals surface area contributed by atoms with E-state index in [0.29, 0.717) is 31.3 Å². The van der Waals surface area contributed by atoms with Crippen molar-refractivity contribution in [2.45, 2.75) is 32.0 Å². The molecule has 1 heterocycles. The zero-order valence-electron chi connectivity index (χ0n) is 16.3. The Bertz CT molecular complexity index is 754. The number of hydrogen-bond acceptors (Lipinski definition) is 4. The van der Waals surface area contributed by atoms with Gasteiger partial charge in [-0.25, -0.2) is 0 Å². The third-order valence-electron chi connectivity index (χ3n) is 4.96. The lowest BCUT2D eigenvalue weighted by Gasteiger charge is -2.21.